The topological polar surface area (TPSA) is 85.2 Å². The number of nitriles is 1. The molecule has 10 heteroatoms. The van der Waals surface area contributed by atoms with E-state index in [1.54, 1.807) is 29.3 Å². The Morgan fingerprint density at radius 2 is 2.03 bits per heavy atom. The second-order valence-electron chi connectivity index (χ2n) is 6.98. The molecule has 2 aromatic heterocycles. The summed E-state index contributed by atoms with van der Waals surface area (Å²) in [5.74, 6) is -0.484. The van der Waals surface area contributed by atoms with E-state index in [0.29, 0.717) is 49.2 Å². The number of benzene rings is 1. The molecule has 33 heavy (non-hydrogen) atoms. The highest BCUT2D eigenvalue weighted by Gasteiger charge is 2.25. The van der Waals surface area contributed by atoms with Crippen LogP contribution in [0, 0.1) is 17.1 Å². The van der Waals surface area contributed by atoms with E-state index < -0.39 is 5.82 Å². The number of hydrogen-bond donors (Lipinski definition) is 1. The molecule has 1 N–H and O–H groups in total. The number of rotatable bonds is 5. The van der Waals surface area contributed by atoms with Gasteiger partial charge in [0.2, 0.25) is 0 Å². The lowest BCUT2D eigenvalue weighted by Gasteiger charge is -2.34. The van der Waals surface area contributed by atoms with Crippen LogP contribution in [-0.2, 0) is 6.54 Å². The molecule has 0 radical (unpaired) electrons. The average molecular weight is 487 g/mol. The Morgan fingerprint density at radius 1 is 1.27 bits per heavy atom. The third-order valence-electron chi connectivity index (χ3n) is 4.90. The summed E-state index contributed by atoms with van der Waals surface area (Å²) in [6.07, 6.45) is 1.69. The number of piperazine rings is 1. The van der Waals surface area contributed by atoms with E-state index in [1.165, 1.54) is 23.5 Å². The largest absolute Gasteiger partial charge is 0.336 e. The van der Waals surface area contributed by atoms with Gasteiger partial charge in [-0.05, 0) is 24.3 Å². The van der Waals surface area contributed by atoms with Crippen LogP contribution in [0.15, 0.2) is 41.9 Å². The number of nitrogens with one attached hydrogen (secondary N) is 1. The smallest absolute Gasteiger partial charge is 0.256 e. The predicted octanol–water partition coefficient (Wildman–Crippen LogP) is 4.93. The summed E-state index contributed by atoms with van der Waals surface area (Å²) in [5.41, 5.74) is 1.25. The van der Waals surface area contributed by atoms with Gasteiger partial charge in [0.05, 0.1) is 27.9 Å². The third-order valence-corrected chi connectivity index (χ3v) is 5.88. The van der Waals surface area contributed by atoms with Gasteiger partial charge >= 0.3 is 0 Å². The first-order valence-corrected chi connectivity index (χ1v) is 11.8. The first-order chi connectivity index (χ1) is 16.0. The van der Waals surface area contributed by atoms with Crippen LogP contribution in [0.4, 0.5) is 15.3 Å². The maximum absolute atomic E-state index is 14.2. The van der Waals surface area contributed by atoms with Gasteiger partial charge in [0.1, 0.15) is 5.82 Å². The minimum atomic E-state index is -0.686. The molecule has 0 spiro atoms. The van der Waals surface area contributed by atoms with Crippen LogP contribution in [0.5, 0.6) is 0 Å². The van der Waals surface area contributed by atoms with Crippen molar-refractivity contribution in [2.45, 2.75) is 20.4 Å². The summed E-state index contributed by atoms with van der Waals surface area (Å²) in [6, 6.07) is 10.0. The second kappa shape index (κ2) is 11.7. The maximum atomic E-state index is 14.2. The molecule has 3 heterocycles. The molecule has 172 valence electrons. The van der Waals surface area contributed by atoms with Crippen molar-refractivity contribution in [2.75, 3.05) is 31.5 Å². The van der Waals surface area contributed by atoms with E-state index >= 15 is 0 Å². The molecular weight excluding hydrogens is 463 g/mol. The van der Waals surface area contributed by atoms with Gasteiger partial charge < -0.3 is 10.2 Å². The monoisotopic (exact) mass is 486 g/mol. The highest BCUT2D eigenvalue weighted by Crippen LogP contribution is 2.21. The fourth-order valence-corrected chi connectivity index (χ4v) is 4.08. The number of halogens is 2. The van der Waals surface area contributed by atoms with Gasteiger partial charge in [0, 0.05) is 44.3 Å². The van der Waals surface area contributed by atoms with Gasteiger partial charge in [-0.25, -0.2) is 14.4 Å². The number of hydrogen-bond acceptors (Lipinski definition) is 7. The van der Waals surface area contributed by atoms with E-state index in [9.17, 15) is 14.4 Å². The lowest BCUT2D eigenvalue weighted by molar-refractivity contribution is 0.0622. The predicted molar refractivity (Wildman–Crippen MR) is 128 cm³/mol. The molecule has 7 nitrogen and oxygen atoms in total. The Morgan fingerprint density at radius 3 is 2.70 bits per heavy atom. The van der Waals surface area contributed by atoms with Crippen LogP contribution >= 0.6 is 22.9 Å². The minimum absolute atomic E-state index is 0.0118. The molecule has 3 aromatic rings. The quantitative estimate of drug-likeness (QED) is 0.550. The van der Waals surface area contributed by atoms with Crippen molar-refractivity contribution in [2.24, 2.45) is 0 Å². The van der Waals surface area contributed by atoms with Crippen LogP contribution in [0.25, 0.3) is 0 Å². The lowest BCUT2D eigenvalue weighted by atomic mass is 10.1. The molecule has 0 aliphatic carbocycles. The highest BCUT2D eigenvalue weighted by atomic mass is 35.5. The number of nitrogens with zero attached hydrogens (tertiary/aromatic N) is 5. The average Bonchev–Trinajstić information content (AvgIpc) is 3.35. The number of aromatic nitrogens is 2. The Labute approximate surface area is 201 Å². The van der Waals surface area contributed by atoms with Crippen LogP contribution in [-0.4, -0.2) is 51.9 Å². The van der Waals surface area contributed by atoms with Crippen molar-refractivity contribution in [1.82, 2.24) is 19.8 Å². The zero-order valence-corrected chi connectivity index (χ0v) is 20.0. The summed E-state index contributed by atoms with van der Waals surface area (Å²) < 4.78 is 14.2. The van der Waals surface area contributed by atoms with Gasteiger partial charge in [0.15, 0.2) is 10.9 Å². The molecule has 1 aromatic carbocycles. The van der Waals surface area contributed by atoms with Crippen molar-refractivity contribution < 1.29 is 9.18 Å². The molecule has 0 bridgehead atoms. The number of anilines is 2. The normalized spacial score (nSPS) is 13.6. The lowest BCUT2D eigenvalue weighted by Crippen LogP contribution is -2.48. The standard InChI is InChI=1S/C21H18ClFN6OS.C2H6/c22-17-3-1-2-16(19(17)23)20(30)29-7-5-28(6-8-29)13-15-10-14(12-24)11-18(26-15)27-21-25-4-9-31-21;1-2/h1-4,9-11H,5-8,13H2,(H,25,26,27);1-2H3. The molecule has 1 amide bonds. The zero-order chi connectivity index (χ0) is 23.8. The summed E-state index contributed by atoms with van der Waals surface area (Å²) >= 11 is 7.25. The first-order valence-electron chi connectivity index (χ1n) is 10.6. The molecule has 1 aliphatic rings. The van der Waals surface area contributed by atoms with E-state index in [2.05, 4.69) is 26.3 Å². The molecule has 1 saturated heterocycles. The van der Waals surface area contributed by atoms with E-state index in [1.807, 2.05) is 19.2 Å². The van der Waals surface area contributed by atoms with Gasteiger partial charge in [-0.1, -0.05) is 31.5 Å². The van der Waals surface area contributed by atoms with E-state index in [0.717, 1.165) is 5.69 Å². The Balaban J connectivity index is 0.00000149. The number of pyridine rings is 1. The molecular formula is C23H24ClFN6OS. The SMILES string of the molecule is CC.N#Cc1cc(CN2CCN(C(=O)c3cccc(Cl)c3F)CC2)nc(Nc2nccs2)c1. The molecule has 1 fully saturated rings. The molecule has 0 unspecified atom stereocenters. The van der Waals surface area contributed by atoms with Crippen LogP contribution < -0.4 is 5.32 Å². The van der Waals surface area contributed by atoms with Crippen molar-refractivity contribution in [3.05, 3.63) is 69.6 Å². The third kappa shape index (κ3) is 6.26. The van der Waals surface area contributed by atoms with Crippen LogP contribution in [0.1, 0.15) is 35.5 Å². The summed E-state index contributed by atoms with van der Waals surface area (Å²) in [7, 11) is 0. The number of carbonyl (C=O) groups is 1. The summed E-state index contributed by atoms with van der Waals surface area (Å²) in [4.78, 5) is 25.2. The van der Waals surface area contributed by atoms with E-state index in [-0.39, 0.29) is 16.5 Å². The van der Waals surface area contributed by atoms with Gasteiger partial charge in [-0.15, -0.1) is 11.3 Å². The Hall–Kier alpha value is -3.06. The van der Waals surface area contributed by atoms with E-state index in [4.69, 9.17) is 11.6 Å². The minimum Gasteiger partial charge on any atom is -0.336 e. The highest BCUT2D eigenvalue weighted by molar-refractivity contribution is 7.13. The van der Waals surface area contributed by atoms with Crippen molar-refractivity contribution in [1.29, 1.82) is 5.26 Å². The first kappa shape index (κ1) is 24.6. The van der Waals surface area contributed by atoms with Crippen molar-refractivity contribution in [3.8, 4) is 6.07 Å². The van der Waals surface area contributed by atoms with Crippen LogP contribution in [0.3, 0.4) is 0 Å². The van der Waals surface area contributed by atoms with Crippen molar-refractivity contribution >= 4 is 39.8 Å². The second-order valence-corrected chi connectivity index (χ2v) is 8.28. The number of thiazole rings is 1. The molecule has 1 aliphatic heterocycles. The Kier molecular flexibility index (Phi) is 8.72. The van der Waals surface area contributed by atoms with Crippen molar-refractivity contribution in [3.63, 3.8) is 0 Å². The van der Waals surface area contributed by atoms with Gasteiger partial charge in [0.25, 0.3) is 5.91 Å². The number of carbonyl (C=O) groups excluding carboxylic acids is 1. The van der Waals surface area contributed by atoms with Gasteiger partial charge in [-0.3, -0.25) is 9.69 Å². The fraction of sp³-hybridized carbons (Fsp3) is 0.304. The fourth-order valence-electron chi connectivity index (χ4n) is 3.37. The molecule has 0 atom stereocenters. The summed E-state index contributed by atoms with van der Waals surface area (Å²) in [6.45, 7) is 6.69. The summed E-state index contributed by atoms with van der Waals surface area (Å²) in [5, 5.41) is 15.0. The van der Waals surface area contributed by atoms with Crippen LogP contribution in [0.2, 0.25) is 5.02 Å². The zero-order valence-electron chi connectivity index (χ0n) is 18.4. The molecule has 4 rings (SSSR count). The number of amides is 1. The maximum Gasteiger partial charge on any atom is 0.256 e. The molecule has 0 saturated carbocycles. The van der Waals surface area contributed by atoms with Gasteiger partial charge in [-0.2, -0.15) is 5.26 Å². The Bertz CT molecular complexity index is 1130.